The zero-order chi connectivity index (χ0) is 11.3. The van der Waals surface area contributed by atoms with E-state index in [4.69, 9.17) is 4.74 Å². The van der Waals surface area contributed by atoms with E-state index in [0.29, 0.717) is 5.92 Å². The van der Waals surface area contributed by atoms with Gasteiger partial charge in [-0.2, -0.15) is 0 Å². The number of hydrogen-bond donors (Lipinski definition) is 0. The van der Waals surface area contributed by atoms with Crippen LogP contribution in [0.5, 0.6) is 0 Å². The fraction of sp³-hybridized carbons (Fsp3) is 0.769. The van der Waals surface area contributed by atoms with Crippen LogP contribution < -0.4 is 0 Å². The summed E-state index contributed by atoms with van der Waals surface area (Å²) >= 11 is 0. The Labute approximate surface area is 92.7 Å². The second-order valence-corrected chi connectivity index (χ2v) is 5.29. The third-order valence-corrected chi connectivity index (χ3v) is 2.56. The van der Waals surface area contributed by atoms with Crippen LogP contribution in [-0.2, 0) is 9.53 Å². The topological polar surface area (TPSA) is 26.3 Å². The Morgan fingerprint density at radius 1 is 1.20 bits per heavy atom. The third-order valence-electron chi connectivity index (χ3n) is 2.56. The van der Waals surface area contributed by atoms with Crippen LogP contribution in [0.1, 0.15) is 52.9 Å². The van der Waals surface area contributed by atoms with E-state index in [-0.39, 0.29) is 11.6 Å². The van der Waals surface area contributed by atoms with E-state index in [1.165, 1.54) is 32.1 Å². The van der Waals surface area contributed by atoms with Crippen molar-refractivity contribution in [3.05, 3.63) is 12.2 Å². The highest BCUT2D eigenvalue weighted by Crippen LogP contribution is 2.24. The van der Waals surface area contributed by atoms with Crippen LogP contribution in [0.3, 0.4) is 0 Å². The Bertz CT molecular complexity index is 229. The molecule has 0 aromatic rings. The molecule has 0 unspecified atom stereocenters. The van der Waals surface area contributed by atoms with E-state index in [1.807, 2.05) is 26.8 Å². The van der Waals surface area contributed by atoms with Gasteiger partial charge in [0.15, 0.2) is 0 Å². The van der Waals surface area contributed by atoms with Crippen LogP contribution in [0.25, 0.3) is 0 Å². The summed E-state index contributed by atoms with van der Waals surface area (Å²) < 4.78 is 5.20. The zero-order valence-electron chi connectivity index (χ0n) is 10.1. The summed E-state index contributed by atoms with van der Waals surface area (Å²) in [5.74, 6) is 0.374. The predicted octanol–water partition coefficient (Wildman–Crippen LogP) is 3.46. The van der Waals surface area contributed by atoms with Crippen molar-refractivity contribution >= 4 is 5.97 Å². The molecule has 0 amide bonds. The Morgan fingerprint density at radius 2 is 1.80 bits per heavy atom. The van der Waals surface area contributed by atoms with Gasteiger partial charge >= 0.3 is 5.97 Å². The van der Waals surface area contributed by atoms with Crippen molar-refractivity contribution in [3.8, 4) is 0 Å². The van der Waals surface area contributed by atoms with Gasteiger partial charge in [-0.3, -0.25) is 0 Å². The normalized spacial score (nSPS) is 19.4. The fourth-order valence-corrected chi connectivity index (χ4v) is 1.88. The highest BCUT2D eigenvalue weighted by Gasteiger charge is 2.15. The first-order valence-electron chi connectivity index (χ1n) is 5.88. The molecule has 1 fully saturated rings. The Morgan fingerprint density at radius 3 is 2.33 bits per heavy atom. The SMILES string of the molecule is CC(C)(C)OC(=O)C=CC1CCCCC1. The minimum absolute atomic E-state index is 0.215. The minimum Gasteiger partial charge on any atom is -0.457 e. The average molecular weight is 210 g/mol. The van der Waals surface area contributed by atoms with E-state index >= 15 is 0 Å². The van der Waals surface area contributed by atoms with Gasteiger partial charge in [-0.25, -0.2) is 4.79 Å². The summed E-state index contributed by atoms with van der Waals surface area (Å²) in [7, 11) is 0. The Balaban J connectivity index is 2.33. The first-order chi connectivity index (χ1) is 6.97. The lowest BCUT2D eigenvalue weighted by Gasteiger charge is -2.19. The van der Waals surface area contributed by atoms with Gasteiger partial charge in [0.05, 0.1) is 0 Å². The molecule has 0 atom stereocenters. The molecule has 0 aliphatic heterocycles. The summed E-state index contributed by atoms with van der Waals surface area (Å²) in [6, 6.07) is 0. The molecule has 1 saturated carbocycles. The molecule has 0 aromatic carbocycles. The summed E-state index contributed by atoms with van der Waals surface area (Å²) in [5, 5.41) is 0. The number of hydrogen-bond acceptors (Lipinski definition) is 2. The van der Waals surface area contributed by atoms with Crippen molar-refractivity contribution in [3.63, 3.8) is 0 Å². The molecule has 2 nitrogen and oxygen atoms in total. The maximum Gasteiger partial charge on any atom is 0.330 e. The van der Waals surface area contributed by atoms with Crippen molar-refractivity contribution in [2.24, 2.45) is 5.92 Å². The number of rotatable bonds is 2. The van der Waals surface area contributed by atoms with Gasteiger partial charge in [-0.05, 0) is 39.5 Å². The average Bonchev–Trinajstić information content (AvgIpc) is 2.14. The predicted molar refractivity (Wildman–Crippen MR) is 61.6 cm³/mol. The number of allylic oxidation sites excluding steroid dienone is 1. The zero-order valence-corrected chi connectivity index (χ0v) is 10.1. The van der Waals surface area contributed by atoms with Gasteiger partial charge in [-0.15, -0.1) is 0 Å². The van der Waals surface area contributed by atoms with E-state index in [1.54, 1.807) is 6.08 Å². The fourth-order valence-electron chi connectivity index (χ4n) is 1.88. The van der Waals surface area contributed by atoms with Gasteiger partial charge in [0.2, 0.25) is 0 Å². The van der Waals surface area contributed by atoms with Crippen LogP contribution in [0.4, 0.5) is 0 Å². The summed E-state index contributed by atoms with van der Waals surface area (Å²) in [5.41, 5.74) is -0.381. The first kappa shape index (κ1) is 12.3. The molecule has 15 heavy (non-hydrogen) atoms. The lowest BCUT2D eigenvalue weighted by atomic mass is 9.89. The number of ether oxygens (including phenoxy) is 1. The van der Waals surface area contributed by atoms with Crippen molar-refractivity contribution in [1.29, 1.82) is 0 Å². The largest absolute Gasteiger partial charge is 0.457 e. The monoisotopic (exact) mass is 210 g/mol. The van der Waals surface area contributed by atoms with Gasteiger partial charge in [0.25, 0.3) is 0 Å². The van der Waals surface area contributed by atoms with Crippen LogP contribution in [0, 0.1) is 5.92 Å². The highest BCUT2D eigenvalue weighted by atomic mass is 16.6. The summed E-state index contributed by atoms with van der Waals surface area (Å²) in [6.45, 7) is 5.66. The third kappa shape index (κ3) is 5.60. The first-order valence-corrected chi connectivity index (χ1v) is 5.88. The van der Waals surface area contributed by atoms with Crippen LogP contribution in [-0.4, -0.2) is 11.6 Å². The molecule has 0 bridgehead atoms. The molecule has 0 radical (unpaired) electrons. The molecule has 0 aromatic heterocycles. The molecule has 0 heterocycles. The molecule has 0 spiro atoms. The maximum absolute atomic E-state index is 11.4. The molecule has 2 heteroatoms. The van der Waals surface area contributed by atoms with Gasteiger partial charge < -0.3 is 4.74 Å². The van der Waals surface area contributed by atoms with Crippen molar-refractivity contribution in [2.75, 3.05) is 0 Å². The van der Waals surface area contributed by atoms with Crippen molar-refractivity contribution < 1.29 is 9.53 Å². The number of carbonyl (C=O) groups is 1. The van der Waals surface area contributed by atoms with E-state index < -0.39 is 0 Å². The molecule has 0 N–H and O–H groups in total. The number of esters is 1. The minimum atomic E-state index is -0.381. The molecule has 0 saturated heterocycles. The maximum atomic E-state index is 11.4. The Kier molecular flexibility index (Phi) is 4.37. The summed E-state index contributed by atoms with van der Waals surface area (Å²) in [4.78, 5) is 11.4. The summed E-state index contributed by atoms with van der Waals surface area (Å²) in [6.07, 6.45) is 10.00. The van der Waals surface area contributed by atoms with E-state index in [9.17, 15) is 4.79 Å². The van der Waals surface area contributed by atoms with Gasteiger partial charge in [0.1, 0.15) is 5.60 Å². The van der Waals surface area contributed by atoms with Crippen LogP contribution >= 0.6 is 0 Å². The molecule has 1 aliphatic carbocycles. The molecule has 86 valence electrons. The highest BCUT2D eigenvalue weighted by molar-refractivity contribution is 5.82. The molecular weight excluding hydrogens is 188 g/mol. The van der Waals surface area contributed by atoms with E-state index in [0.717, 1.165) is 0 Å². The quantitative estimate of drug-likeness (QED) is 0.515. The Hall–Kier alpha value is -0.790. The molecule has 1 rings (SSSR count). The van der Waals surface area contributed by atoms with Gasteiger partial charge in [-0.1, -0.05) is 25.3 Å². The van der Waals surface area contributed by atoms with E-state index in [2.05, 4.69) is 0 Å². The second-order valence-electron chi connectivity index (χ2n) is 5.29. The standard InChI is InChI=1S/C13H22O2/c1-13(2,3)15-12(14)10-9-11-7-5-4-6-8-11/h9-11H,4-8H2,1-3H3. The van der Waals surface area contributed by atoms with Crippen LogP contribution in [0.15, 0.2) is 12.2 Å². The smallest absolute Gasteiger partial charge is 0.330 e. The number of carbonyl (C=O) groups excluding carboxylic acids is 1. The lowest BCUT2D eigenvalue weighted by molar-refractivity contribution is -0.148. The van der Waals surface area contributed by atoms with Gasteiger partial charge in [0, 0.05) is 6.08 Å². The van der Waals surface area contributed by atoms with Crippen molar-refractivity contribution in [2.45, 2.75) is 58.5 Å². The molecule has 1 aliphatic rings. The molecular formula is C13H22O2. The van der Waals surface area contributed by atoms with Crippen molar-refractivity contribution in [1.82, 2.24) is 0 Å². The second kappa shape index (κ2) is 5.34. The lowest BCUT2D eigenvalue weighted by Crippen LogP contribution is -2.22. The van der Waals surface area contributed by atoms with Crippen LogP contribution in [0.2, 0.25) is 0 Å².